The van der Waals surface area contributed by atoms with Gasteiger partial charge >= 0.3 is 0 Å². The van der Waals surface area contributed by atoms with E-state index in [0.29, 0.717) is 5.75 Å². The first-order valence-corrected chi connectivity index (χ1v) is 3.82. The van der Waals surface area contributed by atoms with E-state index in [0.717, 1.165) is 12.4 Å². The Labute approximate surface area is 70.9 Å². The molecule has 0 bridgehead atoms. The van der Waals surface area contributed by atoms with E-state index < -0.39 is 0 Å². The summed E-state index contributed by atoms with van der Waals surface area (Å²) in [6, 6.07) is 7.13. The average Bonchev–Trinajstić information content (AvgIpc) is 2.58. The highest BCUT2D eigenvalue weighted by Crippen LogP contribution is 2.18. The van der Waals surface area contributed by atoms with Crippen molar-refractivity contribution >= 4 is 5.69 Å². The van der Waals surface area contributed by atoms with Gasteiger partial charge in [-0.25, -0.2) is 0 Å². The number of benzene rings is 1. The second kappa shape index (κ2) is 2.77. The zero-order valence-corrected chi connectivity index (χ0v) is 6.57. The molecule has 0 spiro atoms. The van der Waals surface area contributed by atoms with Crippen molar-refractivity contribution in [3.05, 3.63) is 36.7 Å². The van der Waals surface area contributed by atoms with Crippen LogP contribution in [0.15, 0.2) is 36.7 Å². The van der Waals surface area contributed by atoms with Crippen LogP contribution in [-0.2, 0) is 0 Å². The molecule has 0 amide bonds. The van der Waals surface area contributed by atoms with Crippen LogP contribution in [0.3, 0.4) is 0 Å². The van der Waals surface area contributed by atoms with Crippen molar-refractivity contribution in [3.63, 3.8) is 0 Å². The molecule has 0 saturated heterocycles. The van der Waals surface area contributed by atoms with Gasteiger partial charge in [-0.3, -0.25) is 0 Å². The monoisotopic (exact) mass is 162 g/mol. The Morgan fingerprint density at radius 2 is 2.00 bits per heavy atom. The van der Waals surface area contributed by atoms with Crippen LogP contribution in [0.2, 0.25) is 0 Å². The third-order valence-electron chi connectivity index (χ3n) is 1.82. The van der Waals surface area contributed by atoms with Crippen molar-refractivity contribution in [3.8, 4) is 5.75 Å². The predicted molar refractivity (Wildman–Crippen MR) is 47.7 cm³/mol. The summed E-state index contributed by atoms with van der Waals surface area (Å²) in [4.78, 5) is 2.06. The first-order chi connectivity index (χ1) is 5.86. The molecule has 0 aliphatic carbocycles. The lowest BCUT2D eigenvalue weighted by molar-refractivity contribution is 0.475. The van der Waals surface area contributed by atoms with Crippen molar-refractivity contribution in [2.24, 2.45) is 0 Å². The molecule has 2 N–H and O–H groups in total. The standard InChI is InChI=1S/C9H10N2O/c12-9-3-1-8(2-4-9)11-6-5-10-7-11/h1-6,10,12H,7H2. The van der Waals surface area contributed by atoms with Crippen LogP contribution >= 0.6 is 0 Å². The highest BCUT2D eigenvalue weighted by molar-refractivity contribution is 5.51. The molecule has 0 radical (unpaired) electrons. The van der Waals surface area contributed by atoms with Crippen molar-refractivity contribution in [2.75, 3.05) is 11.6 Å². The normalized spacial score (nSPS) is 14.8. The fourth-order valence-electron chi connectivity index (χ4n) is 1.17. The number of hydrogen-bond donors (Lipinski definition) is 2. The minimum atomic E-state index is 0.301. The van der Waals surface area contributed by atoms with Crippen molar-refractivity contribution in [1.29, 1.82) is 0 Å². The van der Waals surface area contributed by atoms with Gasteiger partial charge in [0.15, 0.2) is 0 Å². The van der Waals surface area contributed by atoms with Crippen LogP contribution in [0, 0.1) is 0 Å². The van der Waals surface area contributed by atoms with Gasteiger partial charge in [-0.05, 0) is 24.3 Å². The lowest BCUT2D eigenvalue weighted by Gasteiger charge is -2.14. The summed E-state index contributed by atoms with van der Waals surface area (Å²) < 4.78 is 0. The van der Waals surface area contributed by atoms with Gasteiger partial charge in [0.05, 0.1) is 6.67 Å². The molecule has 3 nitrogen and oxygen atoms in total. The Morgan fingerprint density at radius 3 is 2.58 bits per heavy atom. The lowest BCUT2D eigenvalue weighted by Crippen LogP contribution is -2.19. The minimum absolute atomic E-state index is 0.301. The van der Waals surface area contributed by atoms with E-state index in [1.54, 1.807) is 12.1 Å². The maximum absolute atomic E-state index is 9.05. The van der Waals surface area contributed by atoms with E-state index in [-0.39, 0.29) is 0 Å². The number of rotatable bonds is 1. The summed E-state index contributed by atoms with van der Waals surface area (Å²) in [5.41, 5.74) is 1.08. The van der Waals surface area contributed by atoms with Crippen LogP contribution in [0.1, 0.15) is 0 Å². The van der Waals surface area contributed by atoms with Gasteiger partial charge in [0, 0.05) is 18.1 Å². The van der Waals surface area contributed by atoms with E-state index in [9.17, 15) is 0 Å². The second-order valence-electron chi connectivity index (χ2n) is 2.66. The lowest BCUT2D eigenvalue weighted by atomic mass is 10.3. The smallest absolute Gasteiger partial charge is 0.115 e. The summed E-state index contributed by atoms with van der Waals surface area (Å²) in [6.07, 6.45) is 3.86. The van der Waals surface area contributed by atoms with Gasteiger partial charge in [0.2, 0.25) is 0 Å². The fourth-order valence-corrected chi connectivity index (χ4v) is 1.17. The Bertz CT molecular complexity index is 292. The zero-order valence-electron chi connectivity index (χ0n) is 6.57. The number of aromatic hydroxyl groups is 1. The predicted octanol–water partition coefficient (Wildman–Crippen LogP) is 1.23. The number of anilines is 1. The molecule has 0 aromatic heterocycles. The number of hydrogen-bond acceptors (Lipinski definition) is 3. The largest absolute Gasteiger partial charge is 0.508 e. The van der Waals surface area contributed by atoms with Gasteiger partial charge in [0.1, 0.15) is 5.75 Å². The Morgan fingerprint density at radius 1 is 1.25 bits per heavy atom. The zero-order chi connectivity index (χ0) is 8.39. The average molecular weight is 162 g/mol. The number of nitrogens with zero attached hydrogens (tertiary/aromatic N) is 1. The van der Waals surface area contributed by atoms with E-state index in [4.69, 9.17) is 5.11 Å². The minimum Gasteiger partial charge on any atom is -0.508 e. The van der Waals surface area contributed by atoms with Gasteiger partial charge in [0.25, 0.3) is 0 Å². The summed E-state index contributed by atoms with van der Waals surface area (Å²) in [6.45, 7) is 0.796. The molecular formula is C9H10N2O. The van der Waals surface area contributed by atoms with Gasteiger partial charge < -0.3 is 15.3 Å². The Balaban J connectivity index is 2.23. The SMILES string of the molecule is Oc1ccc(N2C=CNC2)cc1. The second-order valence-corrected chi connectivity index (χ2v) is 2.66. The van der Waals surface area contributed by atoms with Crippen molar-refractivity contribution in [2.45, 2.75) is 0 Å². The van der Waals surface area contributed by atoms with Crippen LogP contribution < -0.4 is 10.2 Å². The summed E-state index contributed by atoms with van der Waals surface area (Å²) in [7, 11) is 0. The highest BCUT2D eigenvalue weighted by atomic mass is 16.3. The molecule has 0 saturated carbocycles. The molecule has 12 heavy (non-hydrogen) atoms. The number of phenols is 1. The van der Waals surface area contributed by atoms with Gasteiger partial charge in [-0.1, -0.05) is 0 Å². The Kier molecular flexibility index (Phi) is 1.63. The molecule has 1 aromatic rings. The van der Waals surface area contributed by atoms with Gasteiger partial charge in [-0.2, -0.15) is 0 Å². The van der Waals surface area contributed by atoms with E-state index in [1.165, 1.54) is 0 Å². The van der Waals surface area contributed by atoms with E-state index in [1.807, 2.05) is 24.5 Å². The quantitative estimate of drug-likeness (QED) is 0.652. The molecule has 1 heterocycles. The molecule has 1 aliphatic rings. The number of nitrogens with one attached hydrogen (secondary N) is 1. The van der Waals surface area contributed by atoms with Gasteiger partial charge in [-0.15, -0.1) is 0 Å². The molecule has 62 valence electrons. The van der Waals surface area contributed by atoms with Crippen LogP contribution in [0.5, 0.6) is 5.75 Å². The third kappa shape index (κ3) is 1.21. The fraction of sp³-hybridized carbons (Fsp3) is 0.111. The first-order valence-electron chi connectivity index (χ1n) is 3.82. The van der Waals surface area contributed by atoms with Crippen LogP contribution in [-0.4, -0.2) is 11.8 Å². The molecule has 0 fully saturated rings. The molecule has 0 atom stereocenters. The van der Waals surface area contributed by atoms with Crippen molar-refractivity contribution < 1.29 is 5.11 Å². The number of phenolic OH excluding ortho intramolecular Hbond substituents is 1. The van der Waals surface area contributed by atoms with E-state index in [2.05, 4.69) is 10.2 Å². The topological polar surface area (TPSA) is 35.5 Å². The maximum Gasteiger partial charge on any atom is 0.115 e. The molecule has 3 heteroatoms. The van der Waals surface area contributed by atoms with Crippen molar-refractivity contribution in [1.82, 2.24) is 5.32 Å². The molecule has 0 unspecified atom stereocenters. The molecule has 1 aromatic carbocycles. The summed E-state index contributed by atoms with van der Waals surface area (Å²) in [5.74, 6) is 0.301. The molecule has 1 aliphatic heterocycles. The van der Waals surface area contributed by atoms with Crippen LogP contribution in [0.4, 0.5) is 5.69 Å². The van der Waals surface area contributed by atoms with Crippen LogP contribution in [0.25, 0.3) is 0 Å². The van der Waals surface area contributed by atoms with E-state index >= 15 is 0 Å². The first kappa shape index (κ1) is 7.03. The summed E-state index contributed by atoms with van der Waals surface area (Å²) in [5, 5.41) is 12.1. The Hall–Kier alpha value is -1.64. The highest BCUT2D eigenvalue weighted by Gasteiger charge is 2.04. The third-order valence-corrected chi connectivity index (χ3v) is 1.82. The molecule has 2 rings (SSSR count). The maximum atomic E-state index is 9.05. The summed E-state index contributed by atoms with van der Waals surface area (Å²) >= 11 is 0. The molecular weight excluding hydrogens is 152 g/mol.